The second-order valence-electron chi connectivity index (χ2n) is 7.22. The van der Waals surface area contributed by atoms with E-state index in [-0.39, 0.29) is 17.3 Å². The van der Waals surface area contributed by atoms with Crippen LogP contribution in [0.2, 0.25) is 0 Å². The van der Waals surface area contributed by atoms with Crippen LogP contribution in [-0.4, -0.2) is 56.9 Å². The molecule has 8 heteroatoms. The average molecular weight is 408 g/mol. The monoisotopic (exact) mass is 408 g/mol. The number of rotatable bonds is 3. The van der Waals surface area contributed by atoms with Crippen molar-refractivity contribution < 1.29 is 13.2 Å². The van der Waals surface area contributed by atoms with Gasteiger partial charge in [-0.2, -0.15) is 0 Å². The number of nitrogens with zero attached hydrogens (tertiary/aromatic N) is 4. The third-order valence-electron chi connectivity index (χ3n) is 5.62. The summed E-state index contributed by atoms with van der Waals surface area (Å²) in [5, 5.41) is 1.56. The molecule has 0 N–H and O–H groups in total. The van der Waals surface area contributed by atoms with Crippen LogP contribution < -0.4 is 9.21 Å². The molecule has 3 heterocycles. The highest BCUT2D eigenvalue weighted by molar-refractivity contribution is 7.93. The number of aromatic nitrogens is 1. The minimum Gasteiger partial charge on any atom is -0.368 e. The summed E-state index contributed by atoms with van der Waals surface area (Å²) in [7, 11) is -3.72. The van der Waals surface area contributed by atoms with Gasteiger partial charge < -0.3 is 9.80 Å². The van der Waals surface area contributed by atoms with E-state index in [4.69, 9.17) is 0 Å². The van der Waals surface area contributed by atoms with Crippen LogP contribution in [-0.2, 0) is 14.8 Å². The molecule has 29 heavy (non-hydrogen) atoms. The number of hydrogen-bond acceptors (Lipinski definition) is 5. The molecule has 0 radical (unpaired) electrons. The van der Waals surface area contributed by atoms with E-state index in [2.05, 4.69) is 9.88 Å². The topological polar surface area (TPSA) is 73.8 Å². The van der Waals surface area contributed by atoms with E-state index in [0.29, 0.717) is 37.3 Å². The van der Waals surface area contributed by atoms with Crippen LogP contribution in [0.1, 0.15) is 0 Å². The van der Waals surface area contributed by atoms with Crippen LogP contribution in [0.15, 0.2) is 65.8 Å². The Labute approximate surface area is 169 Å². The number of carbonyl (C=O) groups excluding carboxylic acids is 1. The van der Waals surface area contributed by atoms with Crippen molar-refractivity contribution in [3.05, 3.63) is 60.9 Å². The van der Waals surface area contributed by atoms with Gasteiger partial charge in [0, 0.05) is 49.6 Å². The highest BCUT2D eigenvalue weighted by Gasteiger charge is 2.37. The van der Waals surface area contributed by atoms with Gasteiger partial charge in [-0.3, -0.25) is 14.1 Å². The Morgan fingerprint density at radius 3 is 2.34 bits per heavy atom. The lowest BCUT2D eigenvalue weighted by Gasteiger charge is -2.36. The summed E-state index contributed by atoms with van der Waals surface area (Å²) in [4.78, 5) is 21.2. The zero-order valence-electron chi connectivity index (χ0n) is 15.7. The van der Waals surface area contributed by atoms with Crippen molar-refractivity contribution in [1.29, 1.82) is 0 Å². The molecular weight excluding hydrogens is 388 g/mol. The van der Waals surface area contributed by atoms with Crippen molar-refractivity contribution in [2.24, 2.45) is 0 Å². The Morgan fingerprint density at radius 2 is 1.62 bits per heavy atom. The summed E-state index contributed by atoms with van der Waals surface area (Å²) in [5.41, 5.74) is 1.67. The summed E-state index contributed by atoms with van der Waals surface area (Å²) in [6, 6.07) is 14.6. The molecule has 0 unspecified atom stereocenters. The minimum absolute atomic E-state index is 0.173. The van der Waals surface area contributed by atoms with Gasteiger partial charge in [0.05, 0.1) is 10.6 Å². The van der Waals surface area contributed by atoms with Crippen LogP contribution in [0.3, 0.4) is 0 Å². The second kappa shape index (κ2) is 6.73. The number of anilines is 2. The van der Waals surface area contributed by atoms with Gasteiger partial charge in [-0.15, -0.1) is 0 Å². The molecule has 3 aromatic rings. The second-order valence-corrected chi connectivity index (χ2v) is 9.05. The van der Waals surface area contributed by atoms with Crippen molar-refractivity contribution in [3.63, 3.8) is 0 Å². The largest absolute Gasteiger partial charge is 0.368 e. The normalized spacial score (nSPS) is 17.7. The third-order valence-corrected chi connectivity index (χ3v) is 7.42. The lowest BCUT2D eigenvalue weighted by molar-refractivity contribution is -0.129. The standard InChI is InChI=1S/C21H20N4O3S/c26-20(24-13-11-23(12-14-24)17-7-9-22-10-8-17)15-25-18-5-1-3-16-4-2-6-19(21(16)18)29(25,27)28/h1-10H,11-15H2. The zero-order chi connectivity index (χ0) is 20.0. The van der Waals surface area contributed by atoms with E-state index in [0.717, 1.165) is 11.1 Å². The Kier molecular flexibility index (Phi) is 4.16. The highest BCUT2D eigenvalue weighted by Crippen LogP contribution is 2.41. The van der Waals surface area contributed by atoms with Crippen molar-refractivity contribution in [1.82, 2.24) is 9.88 Å². The number of carbonyl (C=O) groups is 1. The summed E-state index contributed by atoms with van der Waals surface area (Å²) in [5.74, 6) is -0.173. The van der Waals surface area contributed by atoms with Gasteiger partial charge in [-0.25, -0.2) is 8.42 Å². The molecule has 0 aliphatic carbocycles. The number of pyridine rings is 1. The first-order valence-electron chi connectivity index (χ1n) is 9.53. The molecule has 148 valence electrons. The van der Waals surface area contributed by atoms with E-state index in [1.54, 1.807) is 35.5 Å². The van der Waals surface area contributed by atoms with Gasteiger partial charge in [0.2, 0.25) is 5.91 Å². The Balaban J connectivity index is 1.34. The number of piperazine rings is 1. The van der Waals surface area contributed by atoms with Gasteiger partial charge in [-0.05, 0) is 29.7 Å². The van der Waals surface area contributed by atoms with Crippen molar-refractivity contribution in [3.8, 4) is 0 Å². The van der Waals surface area contributed by atoms with Crippen LogP contribution in [0, 0.1) is 0 Å². The first-order valence-corrected chi connectivity index (χ1v) is 11.0. The van der Waals surface area contributed by atoms with Crippen molar-refractivity contribution in [2.45, 2.75) is 4.90 Å². The Bertz CT molecular complexity index is 1180. The maximum atomic E-state index is 13.1. The lowest BCUT2D eigenvalue weighted by atomic mass is 10.1. The summed E-state index contributed by atoms with van der Waals surface area (Å²) < 4.78 is 27.4. The van der Waals surface area contributed by atoms with Gasteiger partial charge >= 0.3 is 0 Å². The quantitative estimate of drug-likeness (QED) is 0.664. The lowest BCUT2D eigenvalue weighted by Crippen LogP contribution is -2.51. The molecule has 0 saturated carbocycles. The fourth-order valence-corrected chi connectivity index (χ4v) is 5.78. The van der Waals surface area contributed by atoms with Crippen LogP contribution in [0.4, 0.5) is 11.4 Å². The summed E-state index contributed by atoms with van der Waals surface area (Å²) in [6.07, 6.45) is 3.51. The van der Waals surface area contributed by atoms with Gasteiger partial charge in [0.25, 0.3) is 10.0 Å². The zero-order valence-corrected chi connectivity index (χ0v) is 16.5. The van der Waals surface area contributed by atoms with E-state index in [1.165, 1.54) is 4.31 Å². The fourth-order valence-electron chi connectivity index (χ4n) is 4.12. The van der Waals surface area contributed by atoms with Gasteiger partial charge in [-0.1, -0.05) is 24.3 Å². The van der Waals surface area contributed by atoms with E-state index < -0.39 is 10.0 Å². The molecule has 1 amide bonds. The highest BCUT2D eigenvalue weighted by atomic mass is 32.2. The number of hydrogen-bond donors (Lipinski definition) is 0. The molecule has 5 rings (SSSR count). The van der Waals surface area contributed by atoms with Crippen molar-refractivity contribution in [2.75, 3.05) is 41.9 Å². The maximum Gasteiger partial charge on any atom is 0.265 e. The number of sulfonamides is 1. The van der Waals surface area contributed by atoms with E-state index >= 15 is 0 Å². The third kappa shape index (κ3) is 2.91. The molecule has 2 aromatic carbocycles. The Hall–Kier alpha value is -3.13. The number of benzene rings is 2. The Morgan fingerprint density at radius 1 is 0.931 bits per heavy atom. The molecule has 7 nitrogen and oxygen atoms in total. The molecule has 1 fully saturated rings. The van der Waals surface area contributed by atoms with E-state index in [9.17, 15) is 13.2 Å². The van der Waals surface area contributed by atoms with Gasteiger partial charge in [0.1, 0.15) is 6.54 Å². The van der Waals surface area contributed by atoms with Crippen molar-refractivity contribution >= 4 is 38.1 Å². The van der Waals surface area contributed by atoms with Crippen LogP contribution in [0.5, 0.6) is 0 Å². The molecule has 0 atom stereocenters. The molecule has 1 saturated heterocycles. The molecule has 0 bridgehead atoms. The summed E-state index contributed by atoms with van der Waals surface area (Å²) in [6.45, 7) is 2.36. The molecule has 1 aromatic heterocycles. The average Bonchev–Trinajstić information content (AvgIpc) is 2.98. The smallest absolute Gasteiger partial charge is 0.265 e. The molecule has 0 spiro atoms. The predicted octanol–water partition coefficient (Wildman–Crippen LogP) is 2.09. The first kappa shape index (κ1) is 17.9. The molecular formula is C21H20N4O3S. The maximum absolute atomic E-state index is 13.1. The minimum atomic E-state index is -3.72. The predicted molar refractivity (Wildman–Crippen MR) is 112 cm³/mol. The van der Waals surface area contributed by atoms with E-state index in [1.807, 2.05) is 30.3 Å². The number of amides is 1. The van der Waals surface area contributed by atoms with Crippen LogP contribution >= 0.6 is 0 Å². The van der Waals surface area contributed by atoms with Gasteiger partial charge in [0.15, 0.2) is 0 Å². The molecule has 2 aliphatic heterocycles. The SMILES string of the molecule is O=C(CN1c2cccc3cccc(c23)S1(=O)=O)N1CCN(c2ccncc2)CC1. The molecule has 2 aliphatic rings. The summed E-state index contributed by atoms with van der Waals surface area (Å²) >= 11 is 0. The fraction of sp³-hybridized carbons (Fsp3) is 0.238. The van der Waals surface area contributed by atoms with Crippen LogP contribution in [0.25, 0.3) is 10.8 Å². The first-order chi connectivity index (χ1) is 14.1.